The summed E-state index contributed by atoms with van der Waals surface area (Å²) >= 11 is 6.87. The standard InChI is InChI=1S/C30H40ClN5O6/c1-29(2,3)41-27(37)35-9-7-19(8-10-35)20-15-22(31)24-23(16-20)36(28(38)42-30(4,5)6)26-21(17-40-24)25(32-18-33-26)34-11-13-39-14-12-34/h15-16,18-19H,7-14,17H2,1-6H3. The van der Waals surface area contributed by atoms with Crippen LogP contribution in [0.5, 0.6) is 5.75 Å². The SMILES string of the molecule is CC(C)(C)OC(=O)N1CCC(c2cc(Cl)c3c(c2)N(C(=O)OC(C)(C)C)c2ncnc(N4CCOCC4)c2CO3)CC1. The van der Waals surface area contributed by atoms with Crippen LogP contribution in [0.2, 0.25) is 5.02 Å². The second-order valence-corrected chi connectivity index (χ2v) is 13.2. The lowest BCUT2D eigenvalue weighted by Gasteiger charge is -2.34. The van der Waals surface area contributed by atoms with Gasteiger partial charge in [0.05, 0.1) is 29.5 Å². The fourth-order valence-electron chi connectivity index (χ4n) is 5.38. The van der Waals surface area contributed by atoms with Crippen molar-refractivity contribution in [2.75, 3.05) is 49.2 Å². The molecule has 11 nitrogen and oxygen atoms in total. The number of ether oxygens (including phenoxy) is 4. The molecule has 0 radical (unpaired) electrons. The van der Waals surface area contributed by atoms with E-state index in [2.05, 4.69) is 14.9 Å². The zero-order valence-corrected chi connectivity index (χ0v) is 26.0. The highest BCUT2D eigenvalue weighted by Crippen LogP contribution is 2.47. The minimum atomic E-state index is -0.749. The largest absolute Gasteiger partial charge is 0.485 e. The van der Waals surface area contributed by atoms with Crippen LogP contribution in [0, 0.1) is 0 Å². The lowest BCUT2D eigenvalue weighted by Crippen LogP contribution is -2.41. The van der Waals surface area contributed by atoms with E-state index >= 15 is 0 Å². The predicted octanol–water partition coefficient (Wildman–Crippen LogP) is 6.05. The van der Waals surface area contributed by atoms with Gasteiger partial charge in [-0.25, -0.2) is 24.5 Å². The van der Waals surface area contributed by atoms with Crippen molar-refractivity contribution < 1.29 is 28.5 Å². The molecule has 0 bridgehead atoms. The maximum absolute atomic E-state index is 13.9. The van der Waals surface area contributed by atoms with Gasteiger partial charge in [-0.2, -0.15) is 0 Å². The molecule has 0 N–H and O–H groups in total. The molecule has 1 aromatic carbocycles. The zero-order valence-electron chi connectivity index (χ0n) is 25.2. The third-order valence-electron chi connectivity index (χ3n) is 7.26. The summed E-state index contributed by atoms with van der Waals surface area (Å²) in [6.45, 7) is 14.8. The molecule has 228 valence electrons. The van der Waals surface area contributed by atoms with Crippen LogP contribution in [-0.2, 0) is 20.8 Å². The number of aromatic nitrogens is 2. The number of rotatable bonds is 2. The van der Waals surface area contributed by atoms with Crippen LogP contribution in [0.25, 0.3) is 0 Å². The molecule has 4 heterocycles. The average Bonchev–Trinajstić information content (AvgIpc) is 3.09. The van der Waals surface area contributed by atoms with E-state index in [0.717, 1.165) is 18.4 Å². The van der Waals surface area contributed by atoms with Crippen molar-refractivity contribution in [2.24, 2.45) is 0 Å². The first-order valence-corrected chi connectivity index (χ1v) is 14.8. The van der Waals surface area contributed by atoms with Crippen molar-refractivity contribution in [3.63, 3.8) is 0 Å². The summed E-state index contributed by atoms with van der Waals surface area (Å²) in [4.78, 5) is 40.9. The Morgan fingerprint density at radius 1 is 0.905 bits per heavy atom. The summed E-state index contributed by atoms with van der Waals surface area (Å²) in [5.74, 6) is 1.58. The Hall–Kier alpha value is -3.31. The Kier molecular flexibility index (Phi) is 8.44. The van der Waals surface area contributed by atoms with Gasteiger partial charge in [0.1, 0.15) is 30.0 Å². The first-order chi connectivity index (χ1) is 19.8. The second kappa shape index (κ2) is 11.8. The quantitative estimate of drug-likeness (QED) is 0.407. The maximum atomic E-state index is 13.9. The highest BCUT2D eigenvalue weighted by Gasteiger charge is 2.37. The topological polar surface area (TPSA) is 107 Å². The van der Waals surface area contributed by atoms with Gasteiger partial charge in [0.25, 0.3) is 0 Å². The van der Waals surface area contributed by atoms with Gasteiger partial charge in [-0.3, -0.25) is 0 Å². The van der Waals surface area contributed by atoms with Gasteiger partial charge in [0.2, 0.25) is 0 Å². The number of halogens is 1. The predicted molar refractivity (Wildman–Crippen MR) is 159 cm³/mol. The summed E-state index contributed by atoms with van der Waals surface area (Å²) in [6, 6.07) is 3.83. The van der Waals surface area contributed by atoms with Crippen LogP contribution in [0.1, 0.15) is 71.4 Å². The van der Waals surface area contributed by atoms with Crippen molar-refractivity contribution >= 4 is 41.1 Å². The summed E-state index contributed by atoms with van der Waals surface area (Å²) in [7, 11) is 0. The van der Waals surface area contributed by atoms with E-state index in [1.54, 1.807) is 4.90 Å². The van der Waals surface area contributed by atoms with Crippen LogP contribution in [0.4, 0.5) is 26.9 Å². The molecule has 0 saturated carbocycles. The monoisotopic (exact) mass is 601 g/mol. The van der Waals surface area contributed by atoms with E-state index in [0.29, 0.717) is 73.1 Å². The number of nitrogens with zero attached hydrogens (tertiary/aromatic N) is 5. The molecule has 1 aromatic heterocycles. The smallest absolute Gasteiger partial charge is 0.420 e. The fraction of sp³-hybridized carbons (Fsp3) is 0.600. The molecule has 2 fully saturated rings. The lowest BCUT2D eigenvalue weighted by molar-refractivity contribution is 0.0204. The van der Waals surface area contributed by atoms with Crippen LogP contribution in [-0.4, -0.2) is 77.6 Å². The van der Waals surface area contributed by atoms with Crippen LogP contribution in [0.3, 0.4) is 0 Å². The second-order valence-electron chi connectivity index (χ2n) is 12.8. The highest BCUT2D eigenvalue weighted by atomic mass is 35.5. The molecule has 2 amide bonds. The number of amides is 2. The van der Waals surface area contributed by atoms with Gasteiger partial charge in [-0.05, 0) is 78.0 Å². The number of piperidine rings is 1. The Balaban J connectivity index is 1.50. The Morgan fingerprint density at radius 3 is 2.17 bits per heavy atom. The molecular formula is C30H40ClN5O6. The van der Waals surface area contributed by atoms with Crippen molar-refractivity contribution in [3.8, 4) is 5.75 Å². The minimum absolute atomic E-state index is 0.115. The van der Waals surface area contributed by atoms with Crippen LogP contribution < -0.4 is 14.5 Å². The maximum Gasteiger partial charge on any atom is 0.420 e. The van der Waals surface area contributed by atoms with Crippen LogP contribution in [0.15, 0.2) is 18.5 Å². The first-order valence-electron chi connectivity index (χ1n) is 14.4. The molecular weight excluding hydrogens is 562 g/mol. The zero-order chi connectivity index (χ0) is 30.2. The van der Waals surface area contributed by atoms with Crippen molar-refractivity contribution in [1.82, 2.24) is 14.9 Å². The molecule has 0 aliphatic carbocycles. The molecule has 2 saturated heterocycles. The van der Waals surface area contributed by atoms with Gasteiger partial charge in [-0.1, -0.05) is 11.6 Å². The summed E-state index contributed by atoms with van der Waals surface area (Å²) < 4.78 is 23.3. The number of morpholine rings is 1. The molecule has 12 heteroatoms. The number of carbonyl (C=O) groups excluding carboxylic acids is 2. The minimum Gasteiger partial charge on any atom is -0.485 e. The number of hydrogen-bond donors (Lipinski definition) is 0. The number of anilines is 3. The summed E-state index contributed by atoms with van der Waals surface area (Å²) in [5, 5.41) is 0.388. The number of carbonyl (C=O) groups is 2. The normalized spacial score (nSPS) is 18.0. The Morgan fingerprint density at radius 2 is 1.52 bits per heavy atom. The Labute approximate surface area is 252 Å². The molecule has 0 spiro atoms. The van der Waals surface area contributed by atoms with Crippen molar-refractivity contribution in [2.45, 2.75) is 78.1 Å². The number of likely N-dealkylation sites (tertiary alicyclic amines) is 1. The molecule has 3 aliphatic rings. The highest BCUT2D eigenvalue weighted by molar-refractivity contribution is 6.33. The summed E-state index contributed by atoms with van der Waals surface area (Å²) in [6.07, 6.45) is 2.01. The number of hydrogen-bond acceptors (Lipinski definition) is 9. The van der Waals surface area contributed by atoms with E-state index in [-0.39, 0.29) is 18.6 Å². The van der Waals surface area contributed by atoms with Crippen molar-refractivity contribution in [1.29, 1.82) is 0 Å². The molecule has 2 aromatic rings. The third kappa shape index (κ3) is 6.67. The van der Waals surface area contributed by atoms with Gasteiger partial charge in [0, 0.05) is 26.2 Å². The number of benzene rings is 1. The molecule has 0 unspecified atom stereocenters. The lowest BCUT2D eigenvalue weighted by atomic mass is 9.89. The molecule has 5 rings (SSSR count). The average molecular weight is 602 g/mol. The van der Waals surface area contributed by atoms with Crippen molar-refractivity contribution in [3.05, 3.63) is 34.6 Å². The van der Waals surface area contributed by atoms with Gasteiger partial charge in [-0.15, -0.1) is 0 Å². The van der Waals surface area contributed by atoms with E-state index in [1.807, 2.05) is 53.7 Å². The van der Waals surface area contributed by atoms with E-state index in [4.69, 9.17) is 30.5 Å². The number of fused-ring (bicyclic) bond motifs is 2. The summed E-state index contributed by atoms with van der Waals surface area (Å²) in [5.41, 5.74) is 0.785. The van der Waals surface area contributed by atoms with Gasteiger partial charge < -0.3 is 28.7 Å². The van der Waals surface area contributed by atoms with Gasteiger partial charge in [0.15, 0.2) is 11.6 Å². The molecule has 42 heavy (non-hydrogen) atoms. The van der Waals surface area contributed by atoms with E-state index < -0.39 is 17.3 Å². The van der Waals surface area contributed by atoms with E-state index in [9.17, 15) is 9.59 Å². The van der Waals surface area contributed by atoms with Gasteiger partial charge >= 0.3 is 12.2 Å². The Bertz CT molecular complexity index is 1330. The molecule has 3 aliphatic heterocycles. The molecule has 0 atom stereocenters. The van der Waals surface area contributed by atoms with Crippen LogP contribution >= 0.6 is 11.6 Å². The fourth-order valence-corrected chi connectivity index (χ4v) is 5.66. The third-order valence-corrected chi connectivity index (χ3v) is 7.55. The first kappa shape index (κ1) is 30.2. The van der Waals surface area contributed by atoms with E-state index in [1.165, 1.54) is 11.2 Å².